The van der Waals surface area contributed by atoms with Crippen LogP contribution in [0, 0.1) is 0 Å². The van der Waals surface area contributed by atoms with Crippen LogP contribution < -0.4 is 15.2 Å². The summed E-state index contributed by atoms with van der Waals surface area (Å²) in [5, 5.41) is 0. The van der Waals surface area contributed by atoms with Gasteiger partial charge in [-0.15, -0.1) is 13.2 Å². The molecule has 1 aromatic heterocycles. The van der Waals surface area contributed by atoms with E-state index in [2.05, 4.69) is 9.72 Å². The van der Waals surface area contributed by atoms with E-state index in [1.807, 2.05) is 0 Å². The van der Waals surface area contributed by atoms with Gasteiger partial charge in [-0.25, -0.2) is 4.98 Å². The van der Waals surface area contributed by atoms with Crippen LogP contribution in [0.4, 0.5) is 13.2 Å². The number of aldehydes is 1. The van der Waals surface area contributed by atoms with Crippen LogP contribution in [0.25, 0.3) is 0 Å². The number of halogens is 3. The van der Waals surface area contributed by atoms with E-state index >= 15 is 0 Å². The number of methoxy groups -OCH3 is 1. The van der Waals surface area contributed by atoms with Crippen LogP contribution in [-0.4, -0.2) is 24.7 Å². The summed E-state index contributed by atoms with van der Waals surface area (Å²) in [5.41, 5.74) is 5.02. The normalized spacial score (nSPS) is 11.1. The van der Waals surface area contributed by atoms with Gasteiger partial charge in [-0.1, -0.05) is 0 Å². The number of hydrogen-bond acceptors (Lipinski definition) is 5. The summed E-state index contributed by atoms with van der Waals surface area (Å²) >= 11 is 0. The maximum atomic E-state index is 12.1. The van der Waals surface area contributed by atoms with E-state index in [9.17, 15) is 18.0 Å². The lowest BCUT2D eigenvalue weighted by Crippen LogP contribution is -2.20. The Bertz CT molecular complexity index is 421. The summed E-state index contributed by atoms with van der Waals surface area (Å²) in [5.74, 6) is -0.710. The monoisotopic (exact) mass is 250 g/mol. The minimum atomic E-state index is -4.87. The van der Waals surface area contributed by atoms with Crippen molar-refractivity contribution in [2.45, 2.75) is 12.9 Å². The highest BCUT2D eigenvalue weighted by atomic mass is 19.4. The minimum Gasteiger partial charge on any atom is -0.480 e. The van der Waals surface area contributed by atoms with Crippen molar-refractivity contribution in [3.05, 3.63) is 17.3 Å². The van der Waals surface area contributed by atoms with Crippen molar-refractivity contribution in [1.82, 2.24) is 4.98 Å². The molecular formula is C9H9F3N2O3. The molecule has 0 atom stereocenters. The third-order valence-corrected chi connectivity index (χ3v) is 1.89. The molecule has 0 aliphatic rings. The summed E-state index contributed by atoms with van der Waals surface area (Å²) in [6, 6.07) is 0. The molecule has 8 heteroatoms. The number of aromatic nitrogens is 1. The van der Waals surface area contributed by atoms with Crippen LogP contribution in [0.5, 0.6) is 11.6 Å². The fourth-order valence-electron chi connectivity index (χ4n) is 1.23. The van der Waals surface area contributed by atoms with Gasteiger partial charge in [-0.3, -0.25) is 4.79 Å². The summed E-state index contributed by atoms with van der Waals surface area (Å²) in [4.78, 5) is 14.3. The molecule has 0 radical (unpaired) electrons. The zero-order chi connectivity index (χ0) is 13.1. The lowest BCUT2D eigenvalue weighted by atomic mass is 10.1. The summed E-state index contributed by atoms with van der Waals surface area (Å²) in [7, 11) is 1.24. The number of alkyl halides is 3. The quantitative estimate of drug-likeness (QED) is 0.814. The third kappa shape index (κ3) is 3.06. The molecule has 0 saturated carbocycles. The first-order chi connectivity index (χ1) is 7.92. The smallest absolute Gasteiger partial charge is 0.480 e. The van der Waals surface area contributed by atoms with E-state index < -0.39 is 12.1 Å². The van der Waals surface area contributed by atoms with Crippen LogP contribution in [0.3, 0.4) is 0 Å². The van der Waals surface area contributed by atoms with Gasteiger partial charge in [0.25, 0.3) is 0 Å². The van der Waals surface area contributed by atoms with Crippen LogP contribution >= 0.6 is 0 Å². The lowest BCUT2D eigenvalue weighted by Gasteiger charge is -2.14. The van der Waals surface area contributed by atoms with Gasteiger partial charge in [0.1, 0.15) is 0 Å². The Morgan fingerprint density at radius 3 is 2.59 bits per heavy atom. The molecule has 0 aliphatic carbocycles. The largest absolute Gasteiger partial charge is 0.573 e. The maximum absolute atomic E-state index is 12.1. The molecule has 0 fully saturated rings. The topological polar surface area (TPSA) is 74.4 Å². The number of rotatable bonds is 4. The van der Waals surface area contributed by atoms with E-state index in [1.54, 1.807) is 0 Å². The molecule has 1 rings (SSSR count). The van der Waals surface area contributed by atoms with Crippen molar-refractivity contribution in [1.29, 1.82) is 0 Å². The van der Waals surface area contributed by atoms with Gasteiger partial charge in [0, 0.05) is 12.1 Å². The second-order valence-corrected chi connectivity index (χ2v) is 2.89. The Labute approximate surface area is 94.3 Å². The lowest BCUT2D eigenvalue weighted by molar-refractivity contribution is -0.275. The fourth-order valence-corrected chi connectivity index (χ4v) is 1.23. The number of carbonyl (C=O) groups excluding carboxylic acids is 1. The molecule has 0 unspecified atom stereocenters. The molecule has 0 aromatic carbocycles. The first kappa shape index (κ1) is 13.2. The molecule has 1 aromatic rings. The number of nitrogens with zero attached hydrogens (tertiary/aromatic N) is 1. The molecule has 2 N–H and O–H groups in total. The molecule has 5 nitrogen and oxygen atoms in total. The van der Waals surface area contributed by atoms with Crippen molar-refractivity contribution in [2.75, 3.05) is 7.11 Å². The minimum absolute atomic E-state index is 0.102. The zero-order valence-corrected chi connectivity index (χ0v) is 8.75. The average molecular weight is 250 g/mol. The second kappa shape index (κ2) is 5.00. The molecule has 0 aliphatic heterocycles. The van der Waals surface area contributed by atoms with Gasteiger partial charge in [0.2, 0.25) is 5.88 Å². The summed E-state index contributed by atoms with van der Waals surface area (Å²) in [6.07, 6.45) is -3.75. The van der Waals surface area contributed by atoms with Gasteiger partial charge in [-0.2, -0.15) is 0 Å². The van der Waals surface area contributed by atoms with Gasteiger partial charge < -0.3 is 15.2 Å². The molecule has 0 spiro atoms. The predicted molar refractivity (Wildman–Crippen MR) is 50.8 cm³/mol. The number of carbonyl (C=O) groups is 1. The number of hydrogen-bond donors (Lipinski definition) is 1. The number of nitrogens with two attached hydrogens (primary N) is 1. The first-order valence-electron chi connectivity index (χ1n) is 4.39. The van der Waals surface area contributed by atoms with Crippen molar-refractivity contribution >= 4 is 6.29 Å². The highest BCUT2D eigenvalue weighted by Crippen LogP contribution is 2.30. The van der Waals surface area contributed by atoms with Crippen molar-refractivity contribution in [2.24, 2.45) is 5.73 Å². The van der Waals surface area contributed by atoms with Gasteiger partial charge in [0.15, 0.2) is 12.0 Å². The Balaban J connectivity index is 3.28. The van der Waals surface area contributed by atoms with Crippen LogP contribution in [0.15, 0.2) is 6.20 Å². The van der Waals surface area contributed by atoms with Crippen LogP contribution in [-0.2, 0) is 6.54 Å². The first-order valence-corrected chi connectivity index (χ1v) is 4.39. The molecule has 0 bridgehead atoms. The van der Waals surface area contributed by atoms with Gasteiger partial charge >= 0.3 is 6.36 Å². The van der Waals surface area contributed by atoms with E-state index in [0.717, 1.165) is 6.20 Å². The Hall–Kier alpha value is -1.83. The number of ether oxygens (including phenoxy) is 2. The van der Waals surface area contributed by atoms with E-state index in [-0.39, 0.29) is 23.6 Å². The average Bonchev–Trinajstić information content (AvgIpc) is 2.26. The molecule has 1 heterocycles. The fraction of sp³-hybridized carbons (Fsp3) is 0.333. The Kier molecular flexibility index (Phi) is 3.89. The molecular weight excluding hydrogens is 241 g/mol. The van der Waals surface area contributed by atoms with E-state index in [0.29, 0.717) is 6.29 Å². The molecule has 0 amide bonds. The van der Waals surface area contributed by atoms with Crippen LogP contribution in [0.1, 0.15) is 15.9 Å². The summed E-state index contributed by atoms with van der Waals surface area (Å²) < 4.78 is 44.6. The second-order valence-electron chi connectivity index (χ2n) is 2.89. The van der Waals surface area contributed by atoms with Crippen molar-refractivity contribution in [3.63, 3.8) is 0 Å². The van der Waals surface area contributed by atoms with Crippen molar-refractivity contribution in [3.8, 4) is 11.6 Å². The van der Waals surface area contributed by atoms with Crippen LogP contribution in [0.2, 0.25) is 0 Å². The molecule has 0 saturated heterocycles. The van der Waals surface area contributed by atoms with E-state index in [4.69, 9.17) is 10.5 Å². The van der Waals surface area contributed by atoms with Gasteiger partial charge in [0.05, 0.1) is 18.9 Å². The Morgan fingerprint density at radius 1 is 1.53 bits per heavy atom. The number of pyridine rings is 1. The molecule has 17 heavy (non-hydrogen) atoms. The van der Waals surface area contributed by atoms with E-state index in [1.165, 1.54) is 7.11 Å². The highest BCUT2D eigenvalue weighted by Gasteiger charge is 2.33. The summed E-state index contributed by atoms with van der Waals surface area (Å²) in [6.45, 7) is -0.307. The SMILES string of the molecule is COc1ncc(OC(F)(F)F)c(CN)c1C=O. The third-order valence-electron chi connectivity index (χ3n) is 1.89. The zero-order valence-electron chi connectivity index (χ0n) is 8.75. The molecule has 94 valence electrons. The standard InChI is InChI=1S/C9H9F3N2O3/c1-16-8-6(4-15)5(2-13)7(3-14-8)17-9(10,11)12/h3-4H,2,13H2,1H3. The predicted octanol–water partition coefficient (Wildman–Crippen LogP) is 1.26. The highest BCUT2D eigenvalue weighted by molar-refractivity contribution is 5.81. The maximum Gasteiger partial charge on any atom is 0.573 e. The van der Waals surface area contributed by atoms with Gasteiger partial charge in [-0.05, 0) is 0 Å². The van der Waals surface area contributed by atoms with Crippen molar-refractivity contribution < 1.29 is 27.4 Å². The Morgan fingerprint density at radius 2 is 2.18 bits per heavy atom.